The summed E-state index contributed by atoms with van der Waals surface area (Å²) in [5.41, 5.74) is 2.33. The van der Waals surface area contributed by atoms with E-state index in [1.54, 1.807) is 33.0 Å². The third kappa shape index (κ3) is 8.20. The average molecular weight is 507 g/mol. The van der Waals surface area contributed by atoms with Gasteiger partial charge in [0.2, 0.25) is 17.4 Å². The fourth-order valence-corrected chi connectivity index (χ4v) is 3.73. The van der Waals surface area contributed by atoms with Gasteiger partial charge < -0.3 is 26.8 Å². The molecule has 0 fully saturated rings. The minimum Gasteiger partial charge on any atom is -0.375 e. The van der Waals surface area contributed by atoms with Crippen molar-refractivity contribution in [3.05, 3.63) is 0 Å². The second-order valence-electron chi connectivity index (χ2n) is 10.6. The number of Topliss-reactive ketones (excluding diaryl/α,β-unsaturated/α-hetero) is 1. The number of rotatable bonds is 14. The van der Waals surface area contributed by atoms with E-state index in [0.29, 0.717) is 0 Å². The van der Waals surface area contributed by atoms with Gasteiger partial charge in [0, 0.05) is 19.5 Å². The summed E-state index contributed by atoms with van der Waals surface area (Å²) < 4.78 is 30.5. The molecule has 4 atom stereocenters. The highest BCUT2D eigenvalue weighted by Gasteiger charge is 2.67. The Balaban J connectivity index is 6.31. The smallest absolute Gasteiger partial charge is 0.361 e. The first-order valence-electron chi connectivity index (χ1n) is 12.1. The van der Waals surface area contributed by atoms with Gasteiger partial charge >= 0.3 is 5.92 Å². The Bertz CT molecular complexity index is 758. The van der Waals surface area contributed by atoms with Crippen LogP contribution in [0.5, 0.6) is 0 Å². The predicted octanol–water partition coefficient (Wildman–Crippen LogP) is 1.37. The molecule has 0 aromatic heterocycles. The Morgan fingerprint density at radius 1 is 0.857 bits per heavy atom. The van der Waals surface area contributed by atoms with Crippen LogP contribution in [0.3, 0.4) is 0 Å². The second kappa shape index (κ2) is 13.2. The first kappa shape index (κ1) is 32.9. The molecule has 3 amide bonds. The van der Waals surface area contributed by atoms with Gasteiger partial charge in [0.25, 0.3) is 5.91 Å². The van der Waals surface area contributed by atoms with Gasteiger partial charge in [0.05, 0.1) is 6.04 Å². The summed E-state index contributed by atoms with van der Waals surface area (Å²) in [4.78, 5) is 50.9. The molecule has 0 heterocycles. The third-order valence-electron chi connectivity index (χ3n) is 5.73. The number of hydrogen-bond donors (Lipinski definition) is 5. The monoisotopic (exact) mass is 506 g/mol. The predicted molar refractivity (Wildman–Crippen MR) is 129 cm³/mol. The fourth-order valence-electron chi connectivity index (χ4n) is 3.73. The van der Waals surface area contributed by atoms with E-state index in [0.717, 1.165) is 7.05 Å². The molecule has 0 saturated carbocycles. The highest BCUT2D eigenvalue weighted by atomic mass is 19.3. The van der Waals surface area contributed by atoms with Crippen LogP contribution < -0.4 is 21.7 Å². The van der Waals surface area contributed by atoms with E-state index >= 15 is 8.78 Å². The molecule has 0 aliphatic heterocycles. The molecule has 9 nitrogen and oxygen atoms in total. The van der Waals surface area contributed by atoms with E-state index in [9.17, 15) is 24.3 Å². The van der Waals surface area contributed by atoms with Crippen LogP contribution >= 0.6 is 0 Å². The third-order valence-corrected chi connectivity index (χ3v) is 5.73. The topological polar surface area (TPSA) is 151 Å². The fraction of sp³-hybridized carbons (Fsp3) is 0.833. The van der Waals surface area contributed by atoms with Crippen LogP contribution in [0.25, 0.3) is 0 Å². The van der Waals surface area contributed by atoms with Crippen LogP contribution in [-0.4, -0.2) is 65.3 Å². The zero-order valence-electron chi connectivity index (χ0n) is 22.4. The maximum Gasteiger partial charge on any atom is 0.361 e. The van der Waals surface area contributed by atoms with Crippen molar-refractivity contribution in [2.24, 2.45) is 29.4 Å². The summed E-state index contributed by atoms with van der Waals surface area (Å²) in [6.45, 7) is 13.4. The molecule has 2 unspecified atom stereocenters. The molecule has 11 heteroatoms. The lowest BCUT2D eigenvalue weighted by Crippen LogP contribution is -2.73. The highest BCUT2D eigenvalue weighted by Crippen LogP contribution is 2.36. The van der Waals surface area contributed by atoms with Crippen molar-refractivity contribution in [2.45, 2.75) is 97.9 Å². The van der Waals surface area contributed by atoms with Crippen molar-refractivity contribution < 1.29 is 33.1 Å². The summed E-state index contributed by atoms with van der Waals surface area (Å²) in [5, 5.41) is 17.9. The lowest BCUT2D eigenvalue weighted by Gasteiger charge is -2.41. The molecule has 204 valence electrons. The quantitative estimate of drug-likeness (QED) is 0.240. The van der Waals surface area contributed by atoms with Gasteiger partial charge in [-0.15, -0.1) is 0 Å². The maximum absolute atomic E-state index is 15.2. The van der Waals surface area contributed by atoms with E-state index in [1.165, 1.54) is 13.8 Å². The van der Waals surface area contributed by atoms with Crippen molar-refractivity contribution in [1.82, 2.24) is 16.0 Å². The standard InChI is InChI=1S/C24H44F2N4O5/c1-12(2)10-16(27)23(35,24(25,26)22(34)28-9)20(32)18(14(5)6)30-21(33)19(15(7)8)29-17(31)11-13(3)4/h12-16,18-19,35H,10-11,27H2,1-9H3,(H,28,34)(H,29,31)(H,30,33)/t16?,18-,19-,23?/m0/s1. The van der Waals surface area contributed by atoms with Gasteiger partial charge in [0.15, 0.2) is 5.78 Å². The molecule has 0 aromatic carbocycles. The molecule has 0 radical (unpaired) electrons. The van der Waals surface area contributed by atoms with Crippen LogP contribution in [0.15, 0.2) is 0 Å². The molecule has 6 N–H and O–H groups in total. The SMILES string of the molecule is CNC(=O)C(F)(F)C(O)(C(=O)[C@@H](NC(=O)[C@@H](NC(=O)CC(C)C)C(C)C)C(C)C)C(N)CC(C)C. The summed E-state index contributed by atoms with van der Waals surface area (Å²) in [5.74, 6) is -10.4. The van der Waals surface area contributed by atoms with Crippen molar-refractivity contribution in [3.63, 3.8) is 0 Å². The molecule has 0 bridgehead atoms. The van der Waals surface area contributed by atoms with E-state index in [4.69, 9.17) is 5.73 Å². The Morgan fingerprint density at radius 2 is 1.34 bits per heavy atom. The van der Waals surface area contributed by atoms with Crippen LogP contribution in [-0.2, 0) is 19.2 Å². The summed E-state index contributed by atoms with van der Waals surface area (Å²) in [7, 11) is 0.948. The largest absolute Gasteiger partial charge is 0.375 e. The normalized spacial score (nSPS) is 16.6. The van der Waals surface area contributed by atoms with Crippen LogP contribution in [0.4, 0.5) is 8.78 Å². The first-order chi connectivity index (χ1) is 15.8. The maximum atomic E-state index is 15.2. The van der Waals surface area contributed by atoms with Crippen molar-refractivity contribution in [2.75, 3.05) is 7.05 Å². The Hall–Kier alpha value is -2.14. The van der Waals surface area contributed by atoms with Crippen molar-refractivity contribution in [3.8, 4) is 0 Å². The van der Waals surface area contributed by atoms with E-state index in [2.05, 4.69) is 10.6 Å². The van der Waals surface area contributed by atoms with Gasteiger partial charge in [-0.3, -0.25) is 19.2 Å². The highest BCUT2D eigenvalue weighted by molar-refractivity contribution is 6.02. The van der Waals surface area contributed by atoms with Crippen LogP contribution in [0.2, 0.25) is 0 Å². The molecule has 0 saturated heterocycles. The summed E-state index contributed by atoms with van der Waals surface area (Å²) in [6, 6.07) is -4.45. The number of nitrogens with two attached hydrogens (primary N) is 1. The number of aliphatic hydroxyl groups is 1. The van der Waals surface area contributed by atoms with Gasteiger partial charge in [-0.05, 0) is 30.1 Å². The van der Waals surface area contributed by atoms with E-state index in [1.807, 2.05) is 13.8 Å². The van der Waals surface area contributed by atoms with Gasteiger partial charge in [-0.2, -0.15) is 8.78 Å². The lowest BCUT2D eigenvalue weighted by atomic mass is 9.75. The van der Waals surface area contributed by atoms with Gasteiger partial charge in [0.1, 0.15) is 6.04 Å². The van der Waals surface area contributed by atoms with E-state index < -0.39 is 53.2 Å². The number of ketones is 1. The average Bonchev–Trinajstić information content (AvgIpc) is 2.71. The van der Waals surface area contributed by atoms with Gasteiger partial charge in [-0.25, -0.2) is 0 Å². The zero-order chi connectivity index (χ0) is 27.9. The van der Waals surface area contributed by atoms with Gasteiger partial charge in [-0.1, -0.05) is 55.4 Å². The molecule has 0 aliphatic rings. The Morgan fingerprint density at radius 3 is 1.71 bits per heavy atom. The number of hydrogen-bond acceptors (Lipinski definition) is 6. The molecular weight excluding hydrogens is 462 g/mol. The lowest BCUT2D eigenvalue weighted by molar-refractivity contribution is -0.204. The molecule has 0 spiro atoms. The van der Waals surface area contributed by atoms with Crippen LogP contribution in [0, 0.1) is 23.7 Å². The first-order valence-corrected chi connectivity index (χ1v) is 12.1. The number of nitrogens with one attached hydrogen (secondary N) is 3. The minimum atomic E-state index is -4.58. The summed E-state index contributed by atoms with van der Waals surface area (Å²) >= 11 is 0. The number of carbonyl (C=O) groups is 4. The number of carbonyl (C=O) groups excluding carboxylic acids is 4. The van der Waals surface area contributed by atoms with Crippen molar-refractivity contribution >= 4 is 23.5 Å². The number of alkyl halides is 2. The molecule has 0 aliphatic carbocycles. The number of amides is 3. The Kier molecular flexibility index (Phi) is 12.4. The van der Waals surface area contributed by atoms with Crippen molar-refractivity contribution in [1.29, 1.82) is 0 Å². The number of halogens is 2. The zero-order valence-corrected chi connectivity index (χ0v) is 22.4. The minimum absolute atomic E-state index is 0.0419. The van der Waals surface area contributed by atoms with E-state index in [-0.39, 0.29) is 36.5 Å². The summed E-state index contributed by atoms with van der Waals surface area (Å²) in [6.07, 6.45) is -0.0152. The Labute approximate surface area is 207 Å². The van der Waals surface area contributed by atoms with Crippen LogP contribution in [0.1, 0.15) is 68.2 Å². The second-order valence-corrected chi connectivity index (χ2v) is 10.6. The molecular formula is C24H44F2N4O5. The molecule has 35 heavy (non-hydrogen) atoms. The molecule has 0 rings (SSSR count). The molecule has 0 aromatic rings.